The second-order valence-corrected chi connectivity index (χ2v) is 4.60. The van der Waals surface area contributed by atoms with Gasteiger partial charge in [-0.05, 0) is 31.8 Å². The van der Waals surface area contributed by atoms with E-state index in [1.807, 2.05) is 0 Å². The molecule has 1 saturated heterocycles. The lowest BCUT2D eigenvalue weighted by atomic mass is 9.96. The summed E-state index contributed by atoms with van der Waals surface area (Å²) in [4.78, 5) is 11.5. The van der Waals surface area contributed by atoms with Gasteiger partial charge in [0, 0.05) is 26.6 Å². The van der Waals surface area contributed by atoms with Crippen LogP contribution in [0.4, 0.5) is 0 Å². The number of esters is 1. The number of hydrogen-bond donors (Lipinski definition) is 1. The third-order valence-corrected chi connectivity index (χ3v) is 2.98. The number of rotatable bonds is 9. The Labute approximate surface area is 109 Å². The molecule has 0 spiro atoms. The topological polar surface area (TPSA) is 56.8 Å². The maximum atomic E-state index is 11.5. The molecule has 106 valence electrons. The molecule has 1 aliphatic heterocycles. The van der Waals surface area contributed by atoms with E-state index in [-0.39, 0.29) is 5.97 Å². The van der Waals surface area contributed by atoms with Crippen LogP contribution in [0, 0.1) is 5.92 Å². The van der Waals surface area contributed by atoms with Crippen LogP contribution < -0.4 is 5.32 Å². The minimum absolute atomic E-state index is 0.0828. The fourth-order valence-corrected chi connectivity index (χ4v) is 1.98. The summed E-state index contributed by atoms with van der Waals surface area (Å²) in [7, 11) is 1.64. The van der Waals surface area contributed by atoms with Crippen LogP contribution in [0.25, 0.3) is 0 Å². The fourth-order valence-electron chi connectivity index (χ4n) is 1.98. The third kappa shape index (κ3) is 7.63. The molecule has 0 aliphatic carbocycles. The van der Waals surface area contributed by atoms with Crippen molar-refractivity contribution >= 4 is 5.97 Å². The monoisotopic (exact) mass is 259 g/mol. The van der Waals surface area contributed by atoms with Crippen LogP contribution in [0.1, 0.15) is 25.7 Å². The summed E-state index contributed by atoms with van der Waals surface area (Å²) in [6.45, 7) is 4.28. The van der Waals surface area contributed by atoms with Gasteiger partial charge in [0.2, 0.25) is 0 Å². The van der Waals surface area contributed by atoms with Crippen molar-refractivity contribution in [3.63, 3.8) is 0 Å². The van der Waals surface area contributed by atoms with Crippen molar-refractivity contribution in [2.45, 2.75) is 25.7 Å². The number of carbonyl (C=O) groups is 1. The van der Waals surface area contributed by atoms with Gasteiger partial charge < -0.3 is 19.5 Å². The molecular weight excluding hydrogens is 234 g/mol. The number of carbonyl (C=O) groups excluding carboxylic acids is 1. The first-order valence-electron chi connectivity index (χ1n) is 6.76. The van der Waals surface area contributed by atoms with Gasteiger partial charge in [-0.1, -0.05) is 0 Å². The average Bonchev–Trinajstić information content (AvgIpc) is 2.39. The van der Waals surface area contributed by atoms with Gasteiger partial charge in [-0.15, -0.1) is 0 Å². The Hall–Kier alpha value is -0.650. The molecule has 1 atom stereocenters. The van der Waals surface area contributed by atoms with Crippen molar-refractivity contribution in [3.05, 3.63) is 0 Å². The third-order valence-electron chi connectivity index (χ3n) is 2.98. The Balaban J connectivity index is 1.90. The molecule has 18 heavy (non-hydrogen) atoms. The van der Waals surface area contributed by atoms with E-state index in [4.69, 9.17) is 14.2 Å². The molecule has 1 rings (SSSR count). The number of piperidine rings is 1. The SMILES string of the molecule is COCCOCCCOC(=O)CC1CCCNC1. The Kier molecular flexibility index (Phi) is 8.81. The molecule has 0 aromatic heterocycles. The minimum atomic E-state index is -0.0828. The Morgan fingerprint density at radius 3 is 2.89 bits per heavy atom. The van der Waals surface area contributed by atoms with Crippen LogP contribution >= 0.6 is 0 Å². The van der Waals surface area contributed by atoms with E-state index < -0.39 is 0 Å². The molecule has 1 fully saturated rings. The summed E-state index contributed by atoms with van der Waals surface area (Å²) >= 11 is 0. The van der Waals surface area contributed by atoms with Gasteiger partial charge in [-0.3, -0.25) is 4.79 Å². The Morgan fingerprint density at radius 1 is 1.28 bits per heavy atom. The van der Waals surface area contributed by atoms with Crippen LogP contribution in [-0.2, 0) is 19.0 Å². The van der Waals surface area contributed by atoms with Gasteiger partial charge in [0.05, 0.1) is 19.8 Å². The molecule has 0 radical (unpaired) electrons. The minimum Gasteiger partial charge on any atom is -0.466 e. The molecule has 1 heterocycles. The summed E-state index contributed by atoms with van der Waals surface area (Å²) in [5.74, 6) is 0.366. The average molecular weight is 259 g/mol. The number of ether oxygens (including phenoxy) is 3. The second kappa shape index (κ2) is 10.3. The first kappa shape index (κ1) is 15.4. The maximum absolute atomic E-state index is 11.5. The van der Waals surface area contributed by atoms with Crippen molar-refractivity contribution in [3.8, 4) is 0 Å². The molecule has 0 bridgehead atoms. The summed E-state index contributed by atoms with van der Waals surface area (Å²) < 4.78 is 15.3. The van der Waals surface area contributed by atoms with Gasteiger partial charge >= 0.3 is 5.97 Å². The molecule has 1 unspecified atom stereocenters. The standard InChI is InChI=1S/C13H25NO4/c1-16-8-9-17-6-3-7-18-13(15)10-12-4-2-5-14-11-12/h12,14H,2-11H2,1H3. The molecule has 0 aromatic rings. The van der Waals surface area contributed by atoms with E-state index in [0.29, 0.717) is 38.8 Å². The van der Waals surface area contributed by atoms with Crippen LogP contribution in [0.15, 0.2) is 0 Å². The Morgan fingerprint density at radius 2 is 2.17 bits per heavy atom. The highest BCUT2D eigenvalue weighted by Crippen LogP contribution is 2.14. The van der Waals surface area contributed by atoms with Gasteiger partial charge in [0.1, 0.15) is 0 Å². The van der Waals surface area contributed by atoms with Crippen molar-refractivity contribution < 1.29 is 19.0 Å². The van der Waals surface area contributed by atoms with Gasteiger partial charge in [0.25, 0.3) is 0 Å². The van der Waals surface area contributed by atoms with Crippen molar-refractivity contribution in [1.29, 1.82) is 0 Å². The molecule has 5 nitrogen and oxygen atoms in total. The van der Waals surface area contributed by atoms with Crippen LogP contribution in [0.5, 0.6) is 0 Å². The van der Waals surface area contributed by atoms with E-state index in [1.165, 1.54) is 0 Å². The lowest BCUT2D eigenvalue weighted by Crippen LogP contribution is -2.31. The molecule has 0 amide bonds. The number of hydrogen-bond acceptors (Lipinski definition) is 5. The predicted molar refractivity (Wildman–Crippen MR) is 68.5 cm³/mol. The zero-order valence-corrected chi connectivity index (χ0v) is 11.3. The fraction of sp³-hybridized carbons (Fsp3) is 0.923. The highest BCUT2D eigenvalue weighted by molar-refractivity contribution is 5.69. The molecule has 1 aliphatic rings. The van der Waals surface area contributed by atoms with Crippen molar-refractivity contribution in [1.82, 2.24) is 5.32 Å². The van der Waals surface area contributed by atoms with E-state index in [2.05, 4.69) is 5.32 Å². The van der Waals surface area contributed by atoms with Crippen LogP contribution in [0.2, 0.25) is 0 Å². The summed E-state index contributed by atoms with van der Waals surface area (Å²) in [6, 6.07) is 0. The maximum Gasteiger partial charge on any atom is 0.306 e. The van der Waals surface area contributed by atoms with Gasteiger partial charge in [-0.2, -0.15) is 0 Å². The molecular formula is C13H25NO4. The second-order valence-electron chi connectivity index (χ2n) is 4.60. The number of nitrogens with one attached hydrogen (secondary N) is 1. The first-order valence-corrected chi connectivity index (χ1v) is 6.76. The summed E-state index contributed by atoms with van der Waals surface area (Å²) in [5, 5.41) is 3.30. The Bertz CT molecular complexity index is 217. The number of methoxy groups -OCH3 is 1. The van der Waals surface area contributed by atoms with Crippen molar-refractivity contribution in [2.24, 2.45) is 5.92 Å². The smallest absolute Gasteiger partial charge is 0.306 e. The van der Waals surface area contributed by atoms with Gasteiger partial charge in [0.15, 0.2) is 0 Å². The summed E-state index contributed by atoms with van der Waals surface area (Å²) in [5.41, 5.74) is 0. The normalized spacial score (nSPS) is 19.7. The lowest BCUT2D eigenvalue weighted by molar-refractivity contribution is -0.145. The quantitative estimate of drug-likeness (QED) is 0.494. The van der Waals surface area contributed by atoms with Crippen LogP contribution in [0.3, 0.4) is 0 Å². The summed E-state index contributed by atoms with van der Waals surface area (Å²) in [6.07, 6.45) is 3.57. The van der Waals surface area contributed by atoms with E-state index in [0.717, 1.165) is 32.4 Å². The van der Waals surface area contributed by atoms with Crippen molar-refractivity contribution in [2.75, 3.05) is 46.6 Å². The van der Waals surface area contributed by atoms with Gasteiger partial charge in [-0.25, -0.2) is 0 Å². The zero-order valence-electron chi connectivity index (χ0n) is 11.3. The first-order chi connectivity index (χ1) is 8.83. The molecule has 0 aromatic carbocycles. The van der Waals surface area contributed by atoms with Crippen LogP contribution in [-0.4, -0.2) is 52.6 Å². The zero-order chi connectivity index (χ0) is 13.1. The highest BCUT2D eigenvalue weighted by atomic mass is 16.5. The highest BCUT2D eigenvalue weighted by Gasteiger charge is 2.17. The van der Waals surface area contributed by atoms with E-state index in [1.54, 1.807) is 7.11 Å². The molecule has 5 heteroatoms. The molecule has 0 saturated carbocycles. The van der Waals surface area contributed by atoms with E-state index >= 15 is 0 Å². The predicted octanol–water partition coefficient (Wildman–Crippen LogP) is 0.972. The lowest BCUT2D eigenvalue weighted by Gasteiger charge is -2.21. The van der Waals surface area contributed by atoms with E-state index in [9.17, 15) is 4.79 Å². The largest absolute Gasteiger partial charge is 0.466 e. The molecule has 1 N–H and O–H groups in total.